The molecule has 0 saturated carbocycles. The zero-order valence-electron chi connectivity index (χ0n) is 15.6. The molecule has 2 heterocycles. The number of hydrogen-bond acceptors (Lipinski definition) is 3. The van der Waals surface area contributed by atoms with Gasteiger partial charge in [0, 0.05) is 42.7 Å². The average Bonchev–Trinajstić information content (AvgIpc) is 3.07. The molecule has 0 bridgehead atoms. The molecule has 1 aliphatic heterocycles. The molecule has 1 N–H and O–H groups in total. The molecule has 1 atom stereocenters. The molecule has 0 fully saturated rings. The summed E-state index contributed by atoms with van der Waals surface area (Å²) in [5.41, 5.74) is 1.66. The minimum Gasteiger partial charge on any atom is -0.504 e. The van der Waals surface area contributed by atoms with Crippen LogP contribution >= 0.6 is 0 Å². The predicted octanol–water partition coefficient (Wildman–Crippen LogP) is 4.48. The van der Waals surface area contributed by atoms with Crippen LogP contribution in [-0.4, -0.2) is 28.2 Å². The maximum Gasteiger partial charge on any atom is 0.162 e. The third kappa shape index (κ3) is 3.24. The summed E-state index contributed by atoms with van der Waals surface area (Å²) in [6.07, 6.45) is 2.83. The molecule has 0 amide bonds. The van der Waals surface area contributed by atoms with Crippen LogP contribution in [0.1, 0.15) is 29.3 Å². The highest BCUT2D eigenvalue weighted by Crippen LogP contribution is 2.41. The van der Waals surface area contributed by atoms with Crippen molar-refractivity contribution in [3.8, 4) is 11.5 Å². The largest absolute Gasteiger partial charge is 0.504 e. The number of phenols is 1. The van der Waals surface area contributed by atoms with Gasteiger partial charge >= 0.3 is 0 Å². The molecule has 146 valence electrons. The molecule has 1 aromatic heterocycles. The van der Waals surface area contributed by atoms with E-state index in [4.69, 9.17) is 4.74 Å². The Morgan fingerprint density at radius 1 is 1.04 bits per heavy atom. The van der Waals surface area contributed by atoms with Gasteiger partial charge in [-0.1, -0.05) is 18.2 Å². The number of aromatic hydroxyl groups is 1. The molecule has 6 heteroatoms. The number of fused-ring (bicyclic) bond motifs is 1. The minimum absolute atomic E-state index is 0.0369. The van der Waals surface area contributed by atoms with E-state index in [2.05, 4.69) is 4.57 Å². The number of benzene rings is 2. The van der Waals surface area contributed by atoms with Gasteiger partial charge in [0.15, 0.2) is 11.5 Å². The highest BCUT2D eigenvalue weighted by Gasteiger charge is 2.31. The van der Waals surface area contributed by atoms with Crippen molar-refractivity contribution in [2.24, 2.45) is 0 Å². The lowest BCUT2D eigenvalue weighted by Gasteiger charge is -2.31. The van der Waals surface area contributed by atoms with E-state index in [1.165, 1.54) is 25.3 Å². The molecule has 1 unspecified atom stereocenters. The molecule has 1 aliphatic rings. The van der Waals surface area contributed by atoms with Crippen LogP contribution in [0.25, 0.3) is 0 Å². The number of hydrogen-bond donors (Lipinski definition) is 1. The number of ether oxygens (including phenoxy) is 1. The van der Waals surface area contributed by atoms with Crippen LogP contribution in [0.2, 0.25) is 0 Å². The van der Waals surface area contributed by atoms with Crippen LogP contribution in [-0.2, 0) is 13.1 Å². The van der Waals surface area contributed by atoms with Gasteiger partial charge in [0.25, 0.3) is 0 Å². The maximum absolute atomic E-state index is 14.3. The Hall–Kier alpha value is -2.86. The number of aryl methyl sites for hydroxylation is 1. The molecular weight excluding hydrogens is 362 g/mol. The van der Waals surface area contributed by atoms with Gasteiger partial charge in [0.05, 0.1) is 13.2 Å². The summed E-state index contributed by atoms with van der Waals surface area (Å²) < 4.78 is 36.1. The van der Waals surface area contributed by atoms with E-state index in [-0.39, 0.29) is 23.9 Å². The first kappa shape index (κ1) is 18.5. The Kier molecular flexibility index (Phi) is 5.05. The average molecular weight is 384 g/mol. The van der Waals surface area contributed by atoms with Crippen molar-refractivity contribution >= 4 is 0 Å². The number of nitrogens with zero attached hydrogens (tertiary/aromatic N) is 2. The van der Waals surface area contributed by atoms with E-state index >= 15 is 0 Å². The fourth-order valence-corrected chi connectivity index (χ4v) is 3.98. The van der Waals surface area contributed by atoms with E-state index in [0.717, 1.165) is 18.7 Å². The van der Waals surface area contributed by atoms with Crippen LogP contribution < -0.4 is 4.74 Å². The summed E-state index contributed by atoms with van der Waals surface area (Å²) in [6, 6.07) is 12.8. The third-order valence-electron chi connectivity index (χ3n) is 5.32. The summed E-state index contributed by atoms with van der Waals surface area (Å²) in [7, 11) is 1.50. The Bertz CT molecular complexity index is 966. The van der Waals surface area contributed by atoms with Crippen molar-refractivity contribution in [2.75, 3.05) is 13.7 Å². The molecule has 0 spiro atoms. The highest BCUT2D eigenvalue weighted by atomic mass is 19.1. The van der Waals surface area contributed by atoms with Gasteiger partial charge in [-0.3, -0.25) is 4.90 Å². The summed E-state index contributed by atoms with van der Waals surface area (Å²) in [6.45, 7) is 1.54. The quantitative estimate of drug-likeness (QED) is 0.721. The highest BCUT2D eigenvalue weighted by molar-refractivity contribution is 5.49. The van der Waals surface area contributed by atoms with Crippen molar-refractivity contribution in [3.63, 3.8) is 0 Å². The molecule has 0 radical (unpaired) electrons. The molecule has 4 nitrogen and oxygen atoms in total. The SMILES string of the molecule is COc1cccc(C2c3cccn3CCCN2Cc2c(F)cccc2F)c1O. The Morgan fingerprint density at radius 2 is 1.79 bits per heavy atom. The minimum atomic E-state index is -0.562. The zero-order valence-corrected chi connectivity index (χ0v) is 15.6. The van der Waals surface area contributed by atoms with E-state index in [9.17, 15) is 13.9 Å². The number of para-hydroxylation sites is 1. The van der Waals surface area contributed by atoms with Crippen molar-refractivity contribution in [1.29, 1.82) is 0 Å². The Morgan fingerprint density at radius 3 is 2.54 bits per heavy atom. The van der Waals surface area contributed by atoms with Crippen LogP contribution in [0.4, 0.5) is 8.78 Å². The van der Waals surface area contributed by atoms with E-state index in [1.54, 1.807) is 6.07 Å². The van der Waals surface area contributed by atoms with Crippen LogP contribution in [0.3, 0.4) is 0 Å². The number of methoxy groups -OCH3 is 1. The molecule has 0 aliphatic carbocycles. The summed E-state index contributed by atoms with van der Waals surface area (Å²) >= 11 is 0. The van der Waals surface area contributed by atoms with E-state index in [1.807, 2.05) is 35.4 Å². The van der Waals surface area contributed by atoms with Crippen LogP contribution in [0, 0.1) is 11.6 Å². The lowest BCUT2D eigenvalue weighted by atomic mass is 9.99. The van der Waals surface area contributed by atoms with Gasteiger partial charge in [0.2, 0.25) is 0 Å². The smallest absolute Gasteiger partial charge is 0.162 e. The standard InChI is InChI=1S/C22H22F2N2O2/c1-28-20-10-2-6-15(22(20)27)21-19-9-4-11-25(19)12-5-13-26(21)14-16-17(23)7-3-8-18(16)24/h2-4,6-11,21,27H,5,12-14H2,1H3. The summed E-state index contributed by atoms with van der Waals surface area (Å²) in [5, 5.41) is 10.8. The molecule has 2 aromatic carbocycles. The third-order valence-corrected chi connectivity index (χ3v) is 5.32. The van der Waals surface area contributed by atoms with Gasteiger partial charge in [-0.15, -0.1) is 0 Å². The van der Waals surface area contributed by atoms with E-state index < -0.39 is 11.6 Å². The molecule has 0 saturated heterocycles. The lowest BCUT2D eigenvalue weighted by molar-refractivity contribution is 0.210. The first-order valence-corrected chi connectivity index (χ1v) is 9.28. The molecule has 4 rings (SSSR count). The second-order valence-electron chi connectivity index (χ2n) is 6.95. The van der Waals surface area contributed by atoms with Crippen molar-refractivity contribution < 1.29 is 18.6 Å². The number of aromatic nitrogens is 1. The van der Waals surface area contributed by atoms with Crippen LogP contribution in [0.15, 0.2) is 54.7 Å². The number of phenolic OH excluding ortho intramolecular Hbond substituents is 1. The zero-order chi connectivity index (χ0) is 19.7. The fraction of sp³-hybridized carbons (Fsp3) is 0.273. The van der Waals surface area contributed by atoms with E-state index in [0.29, 0.717) is 17.9 Å². The van der Waals surface area contributed by atoms with Gasteiger partial charge in [-0.05, 0) is 36.8 Å². The van der Waals surface area contributed by atoms with Crippen molar-refractivity contribution in [3.05, 3.63) is 83.2 Å². The topological polar surface area (TPSA) is 37.6 Å². The molecular formula is C22H22F2N2O2. The second-order valence-corrected chi connectivity index (χ2v) is 6.95. The molecule has 28 heavy (non-hydrogen) atoms. The number of rotatable bonds is 4. The first-order chi connectivity index (χ1) is 13.6. The first-order valence-electron chi connectivity index (χ1n) is 9.28. The van der Waals surface area contributed by atoms with Crippen LogP contribution in [0.5, 0.6) is 11.5 Å². The molecule has 3 aromatic rings. The summed E-state index contributed by atoms with van der Waals surface area (Å²) in [5.74, 6) is -0.706. The normalized spacial score (nSPS) is 17.2. The van der Waals surface area contributed by atoms with Gasteiger partial charge < -0.3 is 14.4 Å². The van der Waals surface area contributed by atoms with Gasteiger partial charge in [-0.25, -0.2) is 8.78 Å². The Labute approximate surface area is 162 Å². The monoisotopic (exact) mass is 384 g/mol. The van der Waals surface area contributed by atoms with Crippen molar-refractivity contribution in [1.82, 2.24) is 9.47 Å². The van der Waals surface area contributed by atoms with Crippen molar-refractivity contribution in [2.45, 2.75) is 25.6 Å². The second kappa shape index (κ2) is 7.64. The predicted molar refractivity (Wildman–Crippen MR) is 102 cm³/mol. The summed E-state index contributed by atoms with van der Waals surface area (Å²) in [4.78, 5) is 2.01. The fourth-order valence-electron chi connectivity index (χ4n) is 3.98. The van der Waals surface area contributed by atoms with Gasteiger partial charge in [0.1, 0.15) is 11.6 Å². The van der Waals surface area contributed by atoms with Gasteiger partial charge in [-0.2, -0.15) is 0 Å². The lowest BCUT2D eigenvalue weighted by Crippen LogP contribution is -2.30. The Balaban J connectivity index is 1.83. The number of halogens is 2. The maximum atomic E-state index is 14.3.